The Morgan fingerprint density at radius 1 is 0.951 bits per heavy atom. The van der Waals surface area contributed by atoms with E-state index in [4.69, 9.17) is 21.4 Å². The summed E-state index contributed by atoms with van der Waals surface area (Å²) in [5.74, 6) is -2.63. The molecule has 212 valence electrons. The molecule has 0 bridgehead atoms. The molecule has 2 aromatic carbocycles. The Bertz CT molecular complexity index is 1520. The van der Waals surface area contributed by atoms with Crippen molar-refractivity contribution in [2.75, 3.05) is 18.1 Å². The molecule has 6 atom stereocenters. The number of aliphatic hydroxyl groups is 1. The molecular formula is C33H32ClNO6. The van der Waals surface area contributed by atoms with Crippen LogP contribution in [0.15, 0.2) is 71.3 Å². The van der Waals surface area contributed by atoms with Gasteiger partial charge in [0.1, 0.15) is 12.4 Å². The van der Waals surface area contributed by atoms with Gasteiger partial charge in [-0.2, -0.15) is 0 Å². The lowest BCUT2D eigenvalue weighted by molar-refractivity contribution is -0.142. The van der Waals surface area contributed by atoms with Crippen LogP contribution in [-0.2, 0) is 19.2 Å². The van der Waals surface area contributed by atoms with Crippen LogP contribution in [0.2, 0.25) is 5.02 Å². The molecule has 1 saturated carbocycles. The number of carbonyl (C=O) groups excluding carboxylic acids is 4. The minimum absolute atomic E-state index is 0.0525. The zero-order valence-corrected chi connectivity index (χ0v) is 24.0. The van der Waals surface area contributed by atoms with Crippen LogP contribution in [0.1, 0.15) is 45.1 Å². The molecule has 0 unspecified atom stereocenters. The van der Waals surface area contributed by atoms with E-state index in [0.717, 1.165) is 11.1 Å². The first-order valence-electron chi connectivity index (χ1n) is 14.0. The third-order valence-electron chi connectivity index (χ3n) is 9.83. The second-order valence-electron chi connectivity index (χ2n) is 11.8. The normalized spacial score (nSPS) is 31.1. The number of benzene rings is 2. The van der Waals surface area contributed by atoms with E-state index in [2.05, 4.69) is 0 Å². The third-order valence-corrected chi connectivity index (χ3v) is 10.1. The number of carbonyl (C=O) groups is 4. The molecule has 2 aromatic rings. The fourth-order valence-corrected chi connectivity index (χ4v) is 7.85. The molecule has 1 saturated heterocycles. The number of halogens is 1. The number of aliphatic hydroxyl groups excluding tert-OH is 1. The molecule has 7 nitrogen and oxygen atoms in total. The number of rotatable bonds is 5. The van der Waals surface area contributed by atoms with E-state index in [1.807, 2.05) is 25.1 Å². The van der Waals surface area contributed by atoms with Crippen molar-refractivity contribution < 1.29 is 29.0 Å². The summed E-state index contributed by atoms with van der Waals surface area (Å²) in [5.41, 5.74) is 2.19. The highest BCUT2D eigenvalue weighted by atomic mass is 35.5. The molecule has 6 rings (SSSR count). The number of anilines is 1. The van der Waals surface area contributed by atoms with E-state index in [0.29, 0.717) is 40.4 Å². The highest BCUT2D eigenvalue weighted by molar-refractivity contribution is 6.31. The average Bonchev–Trinajstić information content (AvgIpc) is 3.23. The first-order valence-corrected chi connectivity index (χ1v) is 14.4. The van der Waals surface area contributed by atoms with Crippen molar-refractivity contribution in [2.24, 2.45) is 29.1 Å². The van der Waals surface area contributed by atoms with Crippen LogP contribution in [0.4, 0.5) is 5.69 Å². The lowest BCUT2D eigenvalue weighted by atomic mass is 9.46. The fourth-order valence-electron chi connectivity index (χ4n) is 7.72. The third kappa shape index (κ3) is 4.04. The molecular weight excluding hydrogens is 542 g/mol. The van der Waals surface area contributed by atoms with Gasteiger partial charge >= 0.3 is 0 Å². The van der Waals surface area contributed by atoms with Gasteiger partial charge < -0.3 is 9.84 Å². The molecule has 0 radical (unpaired) electrons. The van der Waals surface area contributed by atoms with Crippen LogP contribution >= 0.6 is 11.6 Å². The molecule has 1 heterocycles. The first-order chi connectivity index (χ1) is 19.6. The summed E-state index contributed by atoms with van der Waals surface area (Å²) in [6.45, 7) is 5.37. The maximum atomic E-state index is 14.1. The standard InChI is InChI=1S/C33H32ClNO6/c1-17-18(2)30(38)33(3)26(29(17)37)16-25-23(28(33)19-4-10-22(11-5-19)41-15-14-36)12-13-24-27(25)32(40)35(31(24)39)21-8-6-20(34)7-9-21/h4-12,24-28,36H,13-16H2,1-3H3/t24-,25+,26-,27-,28-,33+/m0/s1. The van der Waals surface area contributed by atoms with Crippen molar-refractivity contribution in [1.82, 2.24) is 0 Å². The van der Waals surface area contributed by atoms with Crippen molar-refractivity contribution in [2.45, 2.75) is 39.5 Å². The van der Waals surface area contributed by atoms with Crippen molar-refractivity contribution in [1.29, 1.82) is 0 Å². The number of hydrogen-bond acceptors (Lipinski definition) is 6. The summed E-state index contributed by atoms with van der Waals surface area (Å²) in [6, 6.07) is 14.1. The van der Waals surface area contributed by atoms with Crippen molar-refractivity contribution in [3.8, 4) is 5.75 Å². The van der Waals surface area contributed by atoms with Crippen molar-refractivity contribution in [3.05, 3.63) is 81.9 Å². The SMILES string of the molecule is CC1=C(C)C(=O)[C@@]2(C)[C@@H](c3ccc(OCCO)cc3)C3=CC[C@@H]4C(=O)N(c5ccc(Cl)cc5)C(=O)[C@@H]4[C@@H]3C[C@H]2C1=O. The molecule has 1 N–H and O–H groups in total. The molecule has 0 spiro atoms. The number of hydrogen-bond donors (Lipinski definition) is 1. The van der Waals surface area contributed by atoms with Gasteiger partial charge in [-0.15, -0.1) is 0 Å². The van der Waals surface area contributed by atoms with E-state index >= 15 is 0 Å². The van der Waals surface area contributed by atoms with E-state index in [-0.39, 0.29) is 42.5 Å². The minimum Gasteiger partial charge on any atom is -0.491 e. The van der Waals surface area contributed by atoms with Crippen molar-refractivity contribution in [3.63, 3.8) is 0 Å². The van der Waals surface area contributed by atoms with Gasteiger partial charge in [0, 0.05) is 16.9 Å². The largest absolute Gasteiger partial charge is 0.491 e. The molecule has 8 heteroatoms. The predicted octanol–water partition coefficient (Wildman–Crippen LogP) is 5.06. The van der Waals surface area contributed by atoms with Crippen LogP contribution in [0.3, 0.4) is 0 Å². The second-order valence-corrected chi connectivity index (χ2v) is 12.2. The summed E-state index contributed by atoms with van der Waals surface area (Å²) < 4.78 is 5.56. The Hall–Kier alpha value is -3.55. The molecule has 0 aromatic heterocycles. The van der Waals surface area contributed by atoms with Gasteiger partial charge in [-0.25, -0.2) is 0 Å². The van der Waals surface area contributed by atoms with E-state index in [1.54, 1.807) is 50.2 Å². The Kier molecular flexibility index (Phi) is 6.78. The molecule has 4 aliphatic rings. The topological polar surface area (TPSA) is 101 Å². The summed E-state index contributed by atoms with van der Waals surface area (Å²) in [5, 5.41) is 9.64. The Morgan fingerprint density at radius 2 is 1.63 bits per heavy atom. The van der Waals surface area contributed by atoms with E-state index < -0.39 is 29.1 Å². The molecule has 2 fully saturated rings. The monoisotopic (exact) mass is 573 g/mol. The number of imide groups is 1. The number of allylic oxidation sites excluding steroid dienone is 4. The number of amides is 2. The van der Waals surface area contributed by atoms with E-state index in [9.17, 15) is 19.2 Å². The summed E-state index contributed by atoms with van der Waals surface area (Å²) >= 11 is 6.06. The lowest BCUT2D eigenvalue weighted by Crippen LogP contribution is -2.55. The van der Waals surface area contributed by atoms with Gasteiger partial charge in [0.15, 0.2) is 11.6 Å². The zero-order valence-electron chi connectivity index (χ0n) is 23.2. The van der Waals surface area contributed by atoms with Gasteiger partial charge in [0.25, 0.3) is 0 Å². The Labute approximate surface area is 243 Å². The van der Waals surface area contributed by atoms with E-state index in [1.165, 1.54) is 4.90 Å². The number of ether oxygens (including phenoxy) is 1. The summed E-state index contributed by atoms with van der Waals surface area (Å²) in [6.07, 6.45) is 2.76. The van der Waals surface area contributed by atoms with Gasteiger partial charge in [-0.05, 0) is 85.7 Å². The van der Waals surface area contributed by atoms with Gasteiger partial charge in [0.2, 0.25) is 11.8 Å². The Balaban J connectivity index is 1.46. The highest BCUT2D eigenvalue weighted by Gasteiger charge is 2.64. The van der Waals surface area contributed by atoms with Crippen LogP contribution in [-0.4, -0.2) is 41.7 Å². The smallest absolute Gasteiger partial charge is 0.238 e. The first kappa shape index (κ1) is 27.6. The van der Waals surface area contributed by atoms with Crippen LogP contribution in [0, 0.1) is 29.1 Å². The fraction of sp³-hybridized carbons (Fsp3) is 0.394. The Morgan fingerprint density at radius 3 is 2.29 bits per heavy atom. The number of nitrogens with zero attached hydrogens (tertiary/aromatic N) is 1. The van der Waals surface area contributed by atoms with Crippen LogP contribution < -0.4 is 9.64 Å². The summed E-state index contributed by atoms with van der Waals surface area (Å²) in [4.78, 5) is 56.9. The number of fused-ring (bicyclic) bond motifs is 4. The minimum atomic E-state index is -1.04. The maximum absolute atomic E-state index is 14.1. The van der Waals surface area contributed by atoms with Crippen molar-refractivity contribution >= 4 is 40.7 Å². The van der Waals surface area contributed by atoms with Gasteiger partial charge in [-0.3, -0.25) is 24.1 Å². The second kappa shape index (κ2) is 10.1. The van der Waals surface area contributed by atoms with Gasteiger partial charge in [0.05, 0.1) is 29.5 Å². The van der Waals surface area contributed by atoms with Crippen LogP contribution in [0.5, 0.6) is 5.75 Å². The summed E-state index contributed by atoms with van der Waals surface area (Å²) in [7, 11) is 0. The average molecular weight is 574 g/mol. The van der Waals surface area contributed by atoms with Crippen LogP contribution in [0.25, 0.3) is 0 Å². The van der Waals surface area contributed by atoms with Gasteiger partial charge in [-0.1, -0.05) is 42.3 Å². The highest BCUT2D eigenvalue weighted by Crippen LogP contribution is 2.63. The molecule has 1 aliphatic heterocycles. The molecule has 3 aliphatic carbocycles. The lowest BCUT2D eigenvalue weighted by Gasteiger charge is -2.54. The number of Topliss-reactive ketones (excluding diaryl/α,β-unsaturated/α-hetero) is 2. The number of ketones is 2. The quantitative estimate of drug-likeness (QED) is 0.396. The maximum Gasteiger partial charge on any atom is 0.238 e. The molecule has 41 heavy (non-hydrogen) atoms. The molecule has 2 amide bonds. The zero-order chi connectivity index (χ0) is 29.2. The predicted molar refractivity (Wildman–Crippen MR) is 153 cm³/mol.